The molecule has 1 atom stereocenters. The Kier molecular flexibility index (Phi) is 3.95. The number of nitro benzene ring substituents is 1. The van der Waals surface area contributed by atoms with E-state index >= 15 is 0 Å². The first kappa shape index (κ1) is 14.4. The minimum absolute atomic E-state index is 0.166. The summed E-state index contributed by atoms with van der Waals surface area (Å²) >= 11 is 0. The van der Waals surface area contributed by atoms with Gasteiger partial charge in [-0.25, -0.2) is 0 Å². The Morgan fingerprint density at radius 1 is 1.39 bits per heavy atom. The van der Waals surface area contributed by atoms with Crippen LogP contribution in [0.25, 0.3) is 0 Å². The Morgan fingerprint density at radius 2 is 1.94 bits per heavy atom. The van der Waals surface area contributed by atoms with Crippen molar-refractivity contribution in [3.63, 3.8) is 0 Å². The van der Waals surface area contributed by atoms with Gasteiger partial charge in [0.1, 0.15) is 0 Å². The standard InChI is InChI=1S/C11H13F3N2O2/c1-6-3-8(16(17)18)4-9(7(6)2)10(15)5-11(12,13)14/h3-4,10H,5,15H2,1-2H3. The van der Waals surface area contributed by atoms with Crippen LogP contribution >= 0.6 is 0 Å². The lowest BCUT2D eigenvalue weighted by Gasteiger charge is -2.17. The fourth-order valence-corrected chi connectivity index (χ4v) is 1.72. The molecule has 0 fully saturated rings. The molecule has 0 aliphatic rings. The lowest BCUT2D eigenvalue weighted by atomic mass is 9.95. The summed E-state index contributed by atoms with van der Waals surface area (Å²) in [4.78, 5) is 10.0. The highest BCUT2D eigenvalue weighted by Gasteiger charge is 2.32. The SMILES string of the molecule is Cc1cc([N+](=O)[O-])cc(C(N)CC(F)(F)F)c1C. The smallest absolute Gasteiger partial charge is 0.324 e. The van der Waals surface area contributed by atoms with E-state index in [0.29, 0.717) is 11.1 Å². The van der Waals surface area contributed by atoms with Gasteiger partial charge in [-0.05, 0) is 30.5 Å². The van der Waals surface area contributed by atoms with Crippen LogP contribution in [0.3, 0.4) is 0 Å². The van der Waals surface area contributed by atoms with Crippen LogP contribution in [-0.4, -0.2) is 11.1 Å². The summed E-state index contributed by atoms with van der Waals surface area (Å²) < 4.78 is 36.8. The van der Waals surface area contributed by atoms with E-state index in [0.717, 1.165) is 6.07 Å². The Morgan fingerprint density at radius 3 is 2.39 bits per heavy atom. The van der Waals surface area contributed by atoms with Gasteiger partial charge in [0.05, 0.1) is 11.3 Å². The molecule has 0 aliphatic heterocycles. The molecule has 1 rings (SSSR count). The van der Waals surface area contributed by atoms with Crippen molar-refractivity contribution in [3.05, 3.63) is 38.9 Å². The highest BCUT2D eigenvalue weighted by atomic mass is 19.4. The molecule has 0 saturated carbocycles. The van der Waals surface area contributed by atoms with Crippen molar-refractivity contribution in [2.45, 2.75) is 32.5 Å². The molecule has 4 nitrogen and oxygen atoms in total. The van der Waals surface area contributed by atoms with Crippen LogP contribution in [-0.2, 0) is 0 Å². The van der Waals surface area contributed by atoms with Crippen LogP contribution < -0.4 is 5.73 Å². The fourth-order valence-electron chi connectivity index (χ4n) is 1.72. The Bertz CT molecular complexity index is 472. The van der Waals surface area contributed by atoms with Crippen molar-refractivity contribution in [3.8, 4) is 0 Å². The van der Waals surface area contributed by atoms with Gasteiger partial charge in [0.15, 0.2) is 0 Å². The van der Waals surface area contributed by atoms with Crippen molar-refractivity contribution >= 4 is 5.69 Å². The predicted molar refractivity (Wildman–Crippen MR) is 60.2 cm³/mol. The maximum atomic E-state index is 12.3. The van der Waals surface area contributed by atoms with Gasteiger partial charge in [-0.1, -0.05) is 0 Å². The zero-order valence-corrected chi connectivity index (χ0v) is 9.91. The zero-order valence-electron chi connectivity index (χ0n) is 9.91. The molecule has 1 aromatic rings. The summed E-state index contributed by atoms with van der Waals surface area (Å²) in [7, 11) is 0. The van der Waals surface area contributed by atoms with Crippen molar-refractivity contribution in [2.75, 3.05) is 0 Å². The van der Waals surface area contributed by atoms with Crippen LogP contribution in [0.1, 0.15) is 29.2 Å². The molecule has 7 heteroatoms. The summed E-state index contributed by atoms with van der Waals surface area (Å²) in [5.41, 5.74) is 6.50. The van der Waals surface area contributed by atoms with Crippen LogP contribution in [0.2, 0.25) is 0 Å². The molecular formula is C11H13F3N2O2. The summed E-state index contributed by atoms with van der Waals surface area (Å²) in [5.74, 6) is 0. The first-order valence-corrected chi connectivity index (χ1v) is 5.19. The number of hydrogen-bond acceptors (Lipinski definition) is 3. The molecule has 0 aliphatic carbocycles. The number of non-ortho nitro benzene ring substituents is 1. The average molecular weight is 262 g/mol. The molecule has 0 heterocycles. The third kappa shape index (κ3) is 3.43. The summed E-state index contributed by atoms with van der Waals surface area (Å²) in [6.45, 7) is 3.21. The lowest BCUT2D eigenvalue weighted by Crippen LogP contribution is -2.21. The number of nitro groups is 1. The van der Waals surface area contributed by atoms with Crippen LogP contribution in [0.4, 0.5) is 18.9 Å². The molecule has 100 valence electrons. The van der Waals surface area contributed by atoms with Crippen LogP contribution in [0, 0.1) is 24.0 Å². The van der Waals surface area contributed by atoms with Crippen LogP contribution in [0.15, 0.2) is 12.1 Å². The van der Waals surface area contributed by atoms with Gasteiger partial charge in [-0.3, -0.25) is 10.1 Å². The van der Waals surface area contributed by atoms with E-state index in [-0.39, 0.29) is 11.3 Å². The van der Waals surface area contributed by atoms with E-state index in [1.54, 1.807) is 13.8 Å². The number of halogens is 3. The molecule has 1 aromatic carbocycles. The van der Waals surface area contributed by atoms with Gasteiger partial charge in [0.2, 0.25) is 0 Å². The molecule has 2 N–H and O–H groups in total. The third-order valence-corrected chi connectivity index (χ3v) is 2.75. The quantitative estimate of drug-likeness (QED) is 0.672. The molecular weight excluding hydrogens is 249 g/mol. The second-order valence-electron chi connectivity index (χ2n) is 4.16. The largest absolute Gasteiger partial charge is 0.390 e. The number of hydrogen-bond donors (Lipinski definition) is 1. The molecule has 0 amide bonds. The normalized spacial score (nSPS) is 13.4. The molecule has 0 aromatic heterocycles. The second-order valence-corrected chi connectivity index (χ2v) is 4.16. The van der Waals surface area contributed by atoms with Crippen molar-refractivity contribution in [2.24, 2.45) is 5.73 Å². The van der Waals surface area contributed by atoms with Gasteiger partial charge in [-0.2, -0.15) is 13.2 Å². The molecule has 1 unspecified atom stereocenters. The van der Waals surface area contributed by atoms with E-state index in [9.17, 15) is 23.3 Å². The molecule has 18 heavy (non-hydrogen) atoms. The molecule has 0 radical (unpaired) electrons. The number of nitrogens with two attached hydrogens (primary N) is 1. The number of benzene rings is 1. The Hall–Kier alpha value is -1.63. The Balaban J connectivity index is 3.18. The maximum Gasteiger partial charge on any atom is 0.390 e. The van der Waals surface area contributed by atoms with Crippen molar-refractivity contribution in [1.82, 2.24) is 0 Å². The van der Waals surface area contributed by atoms with E-state index in [1.807, 2.05) is 0 Å². The minimum atomic E-state index is -4.40. The van der Waals surface area contributed by atoms with Crippen molar-refractivity contribution in [1.29, 1.82) is 0 Å². The van der Waals surface area contributed by atoms with Gasteiger partial charge < -0.3 is 5.73 Å². The third-order valence-electron chi connectivity index (χ3n) is 2.75. The van der Waals surface area contributed by atoms with E-state index in [2.05, 4.69) is 0 Å². The lowest BCUT2D eigenvalue weighted by molar-refractivity contribution is -0.385. The minimum Gasteiger partial charge on any atom is -0.324 e. The van der Waals surface area contributed by atoms with E-state index < -0.39 is 23.6 Å². The molecule has 0 bridgehead atoms. The van der Waals surface area contributed by atoms with Gasteiger partial charge in [-0.15, -0.1) is 0 Å². The highest BCUT2D eigenvalue weighted by Crippen LogP contribution is 2.32. The van der Waals surface area contributed by atoms with Gasteiger partial charge in [0, 0.05) is 18.2 Å². The number of rotatable bonds is 3. The van der Waals surface area contributed by atoms with Gasteiger partial charge in [0.25, 0.3) is 5.69 Å². The van der Waals surface area contributed by atoms with E-state index in [1.165, 1.54) is 6.07 Å². The number of nitrogens with zero attached hydrogens (tertiary/aromatic N) is 1. The number of alkyl halides is 3. The fraction of sp³-hybridized carbons (Fsp3) is 0.455. The molecule has 0 spiro atoms. The molecule has 0 saturated heterocycles. The maximum absolute atomic E-state index is 12.3. The summed E-state index contributed by atoms with van der Waals surface area (Å²) in [5, 5.41) is 10.7. The monoisotopic (exact) mass is 262 g/mol. The first-order chi connectivity index (χ1) is 8.11. The van der Waals surface area contributed by atoms with Crippen LogP contribution in [0.5, 0.6) is 0 Å². The summed E-state index contributed by atoms with van der Waals surface area (Å²) in [6.07, 6.45) is -5.60. The van der Waals surface area contributed by atoms with E-state index in [4.69, 9.17) is 5.73 Å². The summed E-state index contributed by atoms with van der Waals surface area (Å²) in [6, 6.07) is 1.14. The zero-order chi connectivity index (χ0) is 14.1. The average Bonchev–Trinajstić information content (AvgIpc) is 2.18. The first-order valence-electron chi connectivity index (χ1n) is 5.19. The second kappa shape index (κ2) is 4.93. The topological polar surface area (TPSA) is 69.2 Å². The number of aryl methyl sites for hydroxylation is 1. The van der Waals surface area contributed by atoms with Crippen molar-refractivity contribution < 1.29 is 18.1 Å². The van der Waals surface area contributed by atoms with Gasteiger partial charge >= 0.3 is 6.18 Å². The predicted octanol–water partition coefficient (Wildman–Crippen LogP) is 3.16. The highest BCUT2D eigenvalue weighted by molar-refractivity contribution is 5.46. The Labute approximate surface area is 102 Å².